The third-order valence-electron chi connectivity index (χ3n) is 5.01. The van der Waals surface area contributed by atoms with Gasteiger partial charge in [-0.15, -0.1) is 0 Å². The molecular formula is C25H26N2O5S. The summed E-state index contributed by atoms with van der Waals surface area (Å²) in [5, 5.41) is 8.25. The molecule has 0 aliphatic carbocycles. The maximum atomic E-state index is 12.2. The Balaban J connectivity index is 1.66. The molecule has 0 atom stereocenters. The molecule has 3 aromatic rings. The smallest absolute Gasteiger partial charge is 0.244 e. The first-order chi connectivity index (χ1) is 15.8. The van der Waals surface area contributed by atoms with Crippen LogP contribution in [-0.2, 0) is 21.2 Å². The molecule has 0 spiro atoms. The van der Waals surface area contributed by atoms with Gasteiger partial charge in [-0.3, -0.25) is 4.79 Å². The van der Waals surface area contributed by atoms with E-state index < -0.39 is 10.0 Å². The zero-order valence-corrected chi connectivity index (χ0v) is 19.3. The Bertz CT molecular complexity index is 1260. The number of carbonyl (C=O) groups is 1. The van der Waals surface area contributed by atoms with Gasteiger partial charge in [-0.2, -0.15) is 0 Å². The first-order valence-corrected chi connectivity index (χ1v) is 11.8. The van der Waals surface area contributed by atoms with Crippen LogP contribution in [0.25, 0.3) is 17.2 Å². The Morgan fingerprint density at radius 2 is 1.76 bits per heavy atom. The van der Waals surface area contributed by atoms with Crippen molar-refractivity contribution >= 4 is 22.0 Å². The van der Waals surface area contributed by atoms with Crippen LogP contribution < -0.4 is 19.9 Å². The second kappa shape index (κ2) is 10.8. The maximum Gasteiger partial charge on any atom is 0.244 e. The summed E-state index contributed by atoms with van der Waals surface area (Å²) in [5.74, 6) is 0.971. The summed E-state index contributed by atoms with van der Waals surface area (Å²) < 4.78 is 34.8. The molecule has 0 saturated heterocycles. The van der Waals surface area contributed by atoms with Gasteiger partial charge in [0.1, 0.15) is 11.5 Å². The van der Waals surface area contributed by atoms with Crippen molar-refractivity contribution in [2.45, 2.75) is 11.3 Å². The van der Waals surface area contributed by atoms with Gasteiger partial charge in [0, 0.05) is 29.8 Å². The fourth-order valence-electron chi connectivity index (χ4n) is 3.32. The predicted molar refractivity (Wildman–Crippen MR) is 129 cm³/mol. The van der Waals surface area contributed by atoms with Crippen LogP contribution in [0.4, 0.5) is 0 Å². The van der Waals surface area contributed by atoms with Gasteiger partial charge in [-0.05, 0) is 41.8 Å². The molecule has 172 valence electrons. The highest BCUT2D eigenvalue weighted by Crippen LogP contribution is 2.28. The predicted octanol–water partition coefficient (Wildman–Crippen LogP) is 3.39. The van der Waals surface area contributed by atoms with E-state index in [4.69, 9.17) is 14.6 Å². The molecule has 3 rings (SSSR count). The number of carbonyl (C=O) groups excluding carboxylic acids is 1. The van der Waals surface area contributed by atoms with Gasteiger partial charge in [-0.1, -0.05) is 42.5 Å². The average Bonchev–Trinajstić information content (AvgIpc) is 2.82. The Hall–Kier alpha value is -3.62. The summed E-state index contributed by atoms with van der Waals surface area (Å²) in [7, 11) is -0.801. The number of benzene rings is 3. The molecule has 0 aliphatic heterocycles. The first kappa shape index (κ1) is 24.0. The standard InChI is InChI=1S/C25H26N2O5S/c1-31-21-11-9-20(23(17-21)32-2)10-13-25(28)27-15-14-18-8-12-22(19-6-4-3-5-7-19)24(16-18)33(26,29)30/h3-13,16-17H,14-15H2,1-2H3,(H,27,28)(H2,26,29,30). The molecule has 33 heavy (non-hydrogen) atoms. The van der Waals surface area contributed by atoms with Crippen LogP contribution in [0, 0.1) is 0 Å². The minimum absolute atomic E-state index is 0.0593. The van der Waals surface area contributed by atoms with Gasteiger partial charge in [0.15, 0.2) is 0 Å². The molecule has 1 amide bonds. The molecule has 7 nitrogen and oxygen atoms in total. The number of hydrogen-bond donors (Lipinski definition) is 2. The number of ether oxygens (including phenoxy) is 2. The van der Waals surface area contributed by atoms with Crippen LogP contribution in [0.1, 0.15) is 11.1 Å². The summed E-state index contributed by atoms with van der Waals surface area (Å²) in [4.78, 5) is 12.3. The zero-order valence-electron chi connectivity index (χ0n) is 18.4. The fourth-order valence-corrected chi connectivity index (χ4v) is 4.13. The van der Waals surface area contributed by atoms with Gasteiger partial charge in [0.2, 0.25) is 15.9 Å². The Labute approximate surface area is 193 Å². The molecule has 0 aromatic heterocycles. The Morgan fingerprint density at radius 3 is 2.42 bits per heavy atom. The summed E-state index contributed by atoms with van der Waals surface area (Å²) >= 11 is 0. The van der Waals surface area contributed by atoms with Crippen molar-refractivity contribution in [3.63, 3.8) is 0 Å². The molecule has 0 fully saturated rings. The van der Waals surface area contributed by atoms with E-state index in [2.05, 4.69) is 5.32 Å². The van der Waals surface area contributed by atoms with Crippen molar-refractivity contribution in [1.82, 2.24) is 5.32 Å². The minimum Gasteiger partial charge on any atom is -0.497 e. The van der Waals surface area contributed by atoms with Crippen LogP contribution in [0.3, 0.4) is 0 Å². The lowest BCUT2D eigenvalue weighted by Crippen LogP contribution is -2.23. The molecule has 0 unspecified atom stereocenters. The number of hydrogen-bond acceptors (Lipinski definition) is 5. The molecule has 0 bridgehead atoms. The molecule has 3 N–H and O–H groups in total. The molecule has 0 heterocycles. The summed E-state index contributed by atoms with van der Waals surface area (Å²) in [6.45, 7) is 0.331. The third-order valence-corrected chi connectivity index (χ3v) is 5.96. The number of nitrogens with two attached hydrogens (primary N) is 1. The molecule has 3 aromatic carbocycles. The van der Waals surface area contributed by atoms with Gasteiger partial charge in [0.05, 0.1) is 19.1 Å². The largest absolute Gasteiger partial charge is 0.497 e. The van der Waals surface area contributed by atoms with E-state index >= 15 is 0 Å². The molecule has 8 heteroatoms. The number of rotatable bonds is 9. The maximum absolute atomic E-state index is 12.2. The molecule has 0 saturated carbocycles. The fraction of sp³-hybridized carbons (Fsp3) is 0.160. The zero-order chi connectivity index (χ0) is 23.8. The van der Waals surface area contributed by atoms with Crippen molar-refractivity contribution in [3.8, 4) is 22.6 Å². The minimum atomic E-state index is -3.92. The van der Waals surface area contributed by atoms with E-state index in [9.17, 15) is 13.2 Å². The Kier molecular flexibility index (Phi) is 7.87. The second-order valence-corrected chi connectivity index (χ2v) is 8.75. The number of primary sulfonamides is 1. The number of sulfonamides is 1. The first-order valence-electron chi connectivity index (χ1n) is 10.2. The number of nitrogens with one attached hydrogen (secondary N) is 1. The van der Waals surface area contributed by atoms with Crippen molar-refractivity contribution in [2.75, 3.05) is 20.8 Å². The number of methoxy groups -OCH3 is 2. The summed E-state index contributed by atoms with van der Waals surface area (Å²) in [6, 6.07) is 19.6. The lowest BCUT2D eigenvalue weighted by Gasteiger charge is -2.11. The average molecular weight is 467 g/mol. The van der Waals surface area contributed by atoms with Crippen LogP contribution in [0.5, 0.6) is 11.5 Å². The van der Waals surface area contributed by atoms with Crippen LogP contribution in [0.15, 0.2) is 77.7 Å². The summed E-state index contributed by atoms with van der Waals surface area (Å²) in [5.41, 5.74) is 2.80. The van der Waals surface area contributed by atoms with Crippen LogP contribution >= 0.6 is 0 Å². The molecule has 0 radical (unpaired) electrons. The quantitative estimate of drug-likeness (QED) is 0.470. The van der Waals surface area contributed by atoms with E-state index in [1.54, 1.807) is 50.6 Å². The van der Waals surface area contributed by atoms with Crippen molar-refractivity contribution < 1.29 is 22.7 Å². The van der Waals surface area contributed by atoms with E-state index in [1.165, 1.54) is 6.08 Å². The van der Waals surface area contributed by atoms with Crippen LogP contribution in [0.2, 0.25) is 0 Å². The lowest BCUT2D eigenvalue weighted by atomic mass is 10.0. The summed E-state index contributed by atoms with van der Waals surface area (Å²) in [6.07, 6.45) is 3.52. The van der Waals surface area contributed by atoms with Crippen LogP contribution in [-0.4, -0.2) is 35.1 Å². The molecule has 0 aliphatic rings. The highest BCUT2D eigenvalue weighted by molar-refractivity contribution is 7.89. The van der Waals surface area contributed by atoms with Gasteiger partial charge in [-0.25, -0.2) is 13.6 Å². The lowest BCUT2D eigenvalue weighted by molar-refractivity contribution is -0.116. The van der Waals surface area contributed by atoms with Gasteiger partial charge >= 0.3 is 0 Å². The monoisotopic (exact) mass is 466 g/mol. The van der Waals surface area contributed by atoms with E-state index in [0.29, 0.717) is 30.0 Å². The normalized spacial score (nSPS) is 11.4. The van der Waals surface area contributed by atoms with Crippen molar-refractivity contribution in [2.24, 2.45) is 5.14 Å². The molecular weight excluding hydrogens is 440 g/mol. The van der Waals surface area contributed by atoms with E-state index in [0.717, 1.165) is 16.7 Å². The van der Waals surface area contributed by atoms with Crippen molar-refractivity contribution in [1.29, 1.82) is 0 Å². The highest BCUT2D eigenvalue weighted by Gasteiger charge is 2.16. The third kappa shape index (κ3) is 6.44. The SMILES string of the molecule is COc1ccc(C=CC(=O)NCCc2ccc(-c3ccccc3)c(S(N)(=O)=O)c2)c(OC)c1. The van der Waals surface area contributed by atoms with E-state index in [1.807, 2.05) is 36.4 Å². The Morgan fingerprint density at radius 1 is 1.00 bits per heavy atom. The second-order valence-electron chi connectivity index (χ2n) is 7.22. The van der Waals surface area contributed by atoms with Gasteiger partial charge in [0.25, 0.3) is 0 Å². The highest BCUT2D eigenvalue weighted by atomic mass is 32.2. The topological polar surface area (TPSA) is 108 Å². The van der Waals surface area contributed by atoms with E-state index in [-0.39, 0.29) is 10.8 Å². The van der Waals surface area contributed by atoms with Crippen molar-refractivity contribution in [3.05, 3.63) is 83.9 Å². The van der Waals surface area contributed by atoms with Gasteiger partial charge < -0.3 is 14.8 Å². The number of amides is 1.